The fourth-order valence-electron chi connectivity index (χ4n) is 3.58. The number of nitrogens with zero attached hydrogens (tertiary/aromatic N) is 1. The summed E-state index contributed by atoms with van der Waals surface area (Å²) in [5.74, 6) is 0.200. The Hall–Kier alpha value is -2.38. The predicted octanol–water partition coefficient (Wildman–Crippen LogP) is 3.75. The van der Waals surface area contributed by atoms with Gasteiger partial charge in [-0.15, -0.1) is 0 Å². The number of carbonyl (C=O) groups excluding carboxylic acids is 1. The lowest BCUT2D eigenvalue weighted by Gasteiger charge is -2.22. The van der Waals surface area contributed by atoms with Crippen molar-refractivity contribution < 1.29 is 17.9 Å². The molecule has 156 valence electrons. The monoisotopic (exact) mass is 416 g/mol. The Balaban J connectivity index is 1.87. The summed E-state index contributed by atoms with van der Waals surface area (Å²) in [6.45, 7) is 3.16. The van der Waals surface area contributed by atoms with Gasteiger partial charge in [-0.3, -0.25) is 4.79 Å². The molecule has 1 amide bonds. The lowest BCUT2D eigenvalue weighted by molar-refractivity contribution is 0.0758. The molecule has 0 spiro atoms. The molecule has 1 fully saturated rings. The van der Waals surface area contributed by atoms with E-state index in [4.69, 9.17) is 4.74 Å². The molecule has 0 aliphatic carbocycles. The Morgan fingerprint density at radius 1 is 1.03 bits per heavy atom. The van der Waals surface area contributed by atoms with Crippen molar-refractivity contribution in [3.05, 3.63) is 59.7 Å². The maximum atomic E-state index is 13.1. The van der Waals surface area contributed by atoms with Gasteiger partial charge in [0.15, 0.2) is 0 Å². The number of nitrogens with one attached hydrogen (secondary N) is 1. The van der Waals surface area contributed by atoms with Gasteiger partial charge in [0.1, 0.15) is 5.75 Å². The summed E-state index contributed by atoms with van der Waals surface area (Å²) in [4.78, 5) is 14.9. The van der Waals surface area contributed by atoms with Crippen molar-refractivity contribution in [1.82, 2.24) is 9.62 Å². The van der Waals surface area contributed by atoms with Gasteiger partial charge in [-0.25, -0.2) is 13.1 Å². The van der Waals surface area contributed by atoms with Gasteiger partial charge in [0.05, 0.1) is 17.6 Å². The van der Waals surface area contributed by atoms with Crippen LogP contribution in [0.2, 0.25) is 0 Å². The largest absolute Gasteiger partial charge is 0.496 e. The van der Waals surface area contributed by atoms with Crippen molar-refractivity contribution >= 4 is 15.9 Å². The number of carbonyl (C=O) groups is 1. The third-order valence-corrected chi connectivity index (χ3v) is 6.77. The fourth-order valence-corrected chi connectivity index (χ4v) is 4.83. The Morgan fingerprint density at radius 3 is 2.31 bits per heavy atom. The molecule has 0 saturated carbocycles. The van der Waals surface area contributed by atoms with E-state index in [9.17, 15) is 13.2 Å². The minimum atomic E-state index is -3.80. The maximum Gasteiger partial charge on any atom is 0.257 e. The number of amides is 1. The molecule has 1 atom stereocenters. The first kappa shape index (κ1) is 21.3. The first-order chi connectivity index (χ1) is 13.9. The topological polar surface area (TPSA) is 75.7 Å². The van der Waals surface area contributed by atoms with Crippen molar-refractivity contribution in [2.75, 3.05) is 20.2 Å². The van der Waals surface area contributed by atoms with Crippen molar-refractivity contribution in [2.24, 2.45) is 0 Å². The molecule has 6 nitrogen and oxygen atoms in total. The smallest absolute Gasteiger partial charge is 0.257 e. The number of ether oxygens (including phenoxy) is 1. The van der Waals surface area contributed by atoms with Crippen LogP contribution in [0.25, 0.3) is 0 Å². The second kappa shape index (κ2) is 9.41. The lowest BCUT2D eigenvalue weighted by Crippen LogP contribution is -2.32. The second-order valence-electron chi connectivity index (χ2n) is 7.32. The number of hydrogen-bond donors (Lipinski definition) is 1. The average Bonchev–Trinajstić information content (AvgIpc) is 3.02. The zero-order chi connectivity index (χ0) is 20.9. The van der Waals surface area contributed by atoms with Crippen LogP contribution in [0.1, 0.15) is 54.6 Å². The minimum Gasteiger partial charge on any atom is -0.496 e. The molecular formula is C22H28N2O4S. The quantitative estimate of drug-likeness (QED) is 0.778. The van der Waals surface area contributed by atoms with E-state index in [1.54, 1.807) is 17.9 Å². The van der Waals surface area contributed by atoms with Gasteiger partial charge >= 0.3 is 0 Å². The Morgan fingerprint density at radius 2 is 1.69 bits per heavy atom. The van der Waals surface area contributed by atoms with Gasteiger partial charge in [0.2, 0.25) is 10.0 Å². The molecule has 1 saturated heterocycles. The standard InChI is InChI=1S/C22H28N2O4S/c1-17(18-10-6-5-7-11-18)23-29(26,27)19-12-13-21(28-2)20(16-19)22(25)24-14-8-3-4-9-15-24/h5-7,10-13,16-17,23H,3-4,8-9,14-15H2,1-2H3. The zero-order valence-corrected chi connectivity index (χ0v) is 17.7. The number of benzene rings is 2. The third kappa shape index (κ3) is 5.16. The zero-order valence-electron chi connectivity index (χ0n) is 16.9. The maximum absolute atomic E-state index is 13.1. The summed E-state index contributed by atoms with van der Waals surface area (Å²) in [5, 5.41) is 0. The highest BCUT2D eigenvalue weighted by atomic mass is 32.2. The number of methoxy groups -OCH3 is 1. The first-order valence-electron chi connectivity index (χ1n) is 9.97. The molecule has 2 aromatic rings. The van der Waals surface area contributed by atoms with Crippen LogP contribution in [0.3, 0.4) is 0 Å². The van der Waals surface area contributed by atoms with Gasteiger partial charge in [-0.1, -0.05) is 43.2 Å². The summed E-state index contributed by atoms with van der Waals surface area (Å²) in [6.07, 6.45) is 4.14. The molecule has 0 bridgehead atoms. The average molecular weight is 417 g/mol. The Kier molecular flexibility index (Phi) is 6.92. The molecule has 1 heterocycles. The number of sulfonamides is 1. The van der Waals surface area contributed by atoms with Gasteiger partial charge in [0, 0.05) is 19.1 Å². The summed E-state index contributed by atoms with van der Waals surface area (Å²) < 4.78 is 33.9. The van der Waals surface area contributed by atoms with Gasteiger partial charge in [0.25, 0.3) is 5.91 Å². The number of hydrogen-bond acceptors (Lipinski definition) is 4. The van der Waals surface area contributed by atoms with E-state index < -0.39 is 16.1 Å². The summed E-state index contributed by atoms with van der Waals surface area (Å²) in [6, 6.07) is 13.4. The van der Waals surface area contributed by atoms with Crippen LogP contribution in [0.5, 0.6) is 5.75 Å². The first-order valence-corrected chi connectivity index (χ1v) is 11.5. The normalized spacial score (nSPS) is 16.1. The molecule has 0 radical (unpaired) electrons. The van der Waals surface area contributed by atoms with E-state index in [1.807, 2.05) is 30.3 Å². The molecular weight excluding hydrogens is 388 g/mol. The summed E-state index contributed by atoms with van der Waals surface area (Å²) in [7, 11) is -2.32. The van der Waals surface area contributed by atoms with Crippen LogP contribution in [0.15, 0.2) is 53.4 Å². The molecule has 0 aromatic heterocycles. The molecule has 1 aliphatic rings. The minimum absolute atomic E-state index is 0.0549. The van der Waals surface area contributed by atoms with Crippen molar-refractivity contribution in [3.63, 3.8) is 0 Å². The van der Waals surface area contributed by atoms with E-state index in [2.05, 4.69) is 4.72 Å². The van der Waals surface area contributed by atoms with Crippen LogP contribution in [0, 0.1) is 0 Å². The molecule has 1 N–H and O–H groups in total. The molecule has 1 unspecified atom stereocenters. The van der Waals surface area contributed by atoms with E-state index in [1.165, 1.54) is 19.2 Å². The van der Waals surface area contributed by atoms with Crippen LogP contribution in [0.4, 0.5) is 0 Å². The van der Waals surface area contributed by atoms with E-state index in [0.717, 1.165) is 31.2 Å². The second-order valence-corrected chi connectivity index (χ2v) is 9.04. The Bertz CT molecular complexity index is 937. The summed E-state index contributed by atoms with van der Waals surface area (Å²) in [5.41, 5.74) is 1.15. The molecule has 7 heteroatoms. The SMILES string of the molecule is COc1ccc(S(=O)(=O)NC(C)c2ccccc2)cc1C(=O)N1CCCCCC1. The number of likely N-dealkylation sites (tertiary alicyclic amines) is 1. The Labute approximate surface area is 172 Å². The molecule has 3 rings (SSSR count). The van der Waals surface area contributed by atoms with Crippen LogP contribution in [-0.2, 0) is 10.0 Å². The highest BCUT2D eigenvalue weighted by molar-refractivity contribution is 7.89. The van der Waals surface area contributed by atoms with E-state index in [0.29, 0.717) is 18.8 Å². The molecule has 2 aromatic carbocycles. The fraction of sp³-hybridized carbons (Fsp3) is 0.409. The van der Waals surface area contributed by atoms with Gasteiger partial charge < -0.3 is 9.64 Å². The van der Waals surface area contributed by atoms with Gasteiger partial charge in [-0.05, 0) is 43.5 Å². The van der Waals surface area contributed by atoms with Crippen molar-refractivity contribution in [1.29, 1.82) is 0 Å². The van der Waals surface area contributed by atoms with E-state index >= 15 is 0 Å². The van der Waals surface area contributed by atoms with Crippen LogP contribution < -0.4 is 9.46 Å². The van der Waals surface area contributed by atoms with Crippen molar-refractivity contribution in [2.45, 2.75) is 43.5 Å². The van der Waals surface area contributed by atoms with Crippen LogP contribution in [-0.4, -0.2) is 39.4 Å². The molecule has 29 heavy (non-hydrogen) atoms. The summed E-state index contributed by atoms with van der Waals surface area (Å²) >= 11 is 0. The van der Waals surface area contributed by atoms with Gasteiger partial charge in [-0.2, -0.15) is 0 Å². The lowest BCUT2D eigenvalue weighted by atomic mass is 10.1. The van der Waals surface area contributed by atoms with Crippen LogP contribution >= 0.6 is 0 Å². The number of rotatable bonds is 6. The highest BCUT2D eigenvalue weighted by Gasteiger charge is 2.25. The predicted molar refractivity (Wildman–Crippen MR) is 113 cm³/mol. The van der Waals surface area contributed by atoms with E-state index in [-0.39, 0.29) is 16.4 Å². The van der Waals surface area contributed by atoms with Crippen molar-refractivity contribution in [3.8, 4) is 5.75 Å². The third-order valence-electron chi connectivity index (χ3n) is 5.24. The highest BCUT2D eigenvalue weighted by Crippen LogP contribution is 2.26. The molecule has 1 aliphatic heterocycles.